The van der Waals surface area contributed by atoms with E-state index in [4.69, 9.17) is 9.47 Å². The van der Waals surface area contributed by atoms with Crippen molar-refractivity contribution in [3.05, 3.63) is 0 Å². The number of hydrogen-bond acceptors (Lipinski definition) is 7. The van der Waals surface area contributed by atoms with Crippen molar-refractivity contribution in [2.75, 3.05) is 33.9 Å². The molecule has 0 fully saturated rings. The third kappa shape index (κ3) is 6.74. The van der Waals surface area contributed by atoms with Gasteiger partial charge in [-0.05, 0) is 5.92 Å². The molecule has 0 radical (unpaired) electrons. The van der Waals surface area contributed by atoms with E-state index in [0.29, 0.717) is 29.5 Å². The van der Waals surface area contributed by atoms with Crippen molar-refractivity contribution >= 4 is 28.5 Å². The standard InChI is InChI=1S/C11H19N3O3S2/c1-8(2)7-16-5-6-17-10-12-9(13-19-10)18-11(15)14(3)4/h8H,5-7H2,1-4H3. The van der Waals surface area contributed by atoms with Gasteiger partial charge >= 0.3 is 0 Å². The predicted octanol–water partition coefficient (Wildman–Crippen LogP) is 2.36. The number of carbonyl (C=O) groups is 1. The van der Waals surface area contributed by atoms with Crippen molar-refractivity contribution in [3.63, 3.8) is 0 Å². The first kappa shape index (κ1) is 16.2. The van der Waals surface area contributed by atoms with Crippen LogP contribution in [0, 0.1) is 5.92 Å². The summed E-state index contributed by atoms with van der Waals surface area (Å²) in [7, 11) is 3.37. The number of amides is 1. The SMILES string of the molecule is CC(C)COCCOc1nc(SC(=O)N(C)C)ns1. The molecule has 0 spiro atoms. The first-order valence-corrected chi connectivity index (χ1v) is 7.51. The summed E-state index contributed by atoms with van der Waals surface area (Å²) in [4.78, 5) is 17.0. The lowest BCUT2D eigenvalue weighted by molar-refractivity contribution is 0.0817. The van der Waals surface area contributed by atoms with E-state index in [1.807, 2.05) is 0 Å². The molecule has 8 heteroatoms. The van der Waals surface area contributed by atoms with Gasteiger partial charge in [0.1, 0.15) is 6.61 Å². The molecule has 0 bridgehead atoms. The Kier molecular flexibility index (Phi) is 7.11. The average molecular weight is 305 g/mol. The maximum Gasteiger partial charge on any atom is 0.294 e. The molecular formula is C11H19N3O3S2. The number of thioether (sulfide) groups is 1. The molecule has 0 N–H and O–H groups in total. The lowest BCUT2D eigenvalue weighted by Gasteiger charge is -2.06. The maximum absolute atomic E-state index is 11.4. The number of rotatable bonds is 7. The summed E-state index contributed by atoms with van der Waals surface area (Å²) in [5.74, 6) is 0.515. The lowest BCUT2D eigenvalue weighted by atomic mass is 10.2. The van der Waals surface area contributed by atoms with Crippen LogP contribution in [0.3, 0.4) is 0 Å². The van der Waals surface area contributed by atoms with Gasteiger partial charge in [0.25, 0.3) is 10.4 Å². The Morgan fingerprint density at radius 1 is 1.42 bits per heavy atom. The average Bonchev–Trinajstić information content (AvgIpc) is 2.75. The second-order valence-corrected chi connectivity index (χ2v) is 6.06. The van der Waals surface area contributed by atoms with Gasteiger partial charge in [0.2, 0.25) is 5.16 Å². The fourth-order valence-electron chi connectivity index (χ4n) is 0.973. The molecular weight excluding hydrogens is 286 g/mol. The third-order valence-electron chi connectivity index (χ3n) is 1.84. The van der Waals surface area contributed by atoms with Gasteiger partial charge in [0.05, 0.1) is 6.61 Å². The van der Waals surface area contributed by atoms with E-state index in [0.717, 1.165) is 29.9 Å². The quantitative estimate of drug-likeness (QED) is 0.569. The van der Waals surface area contributed by atoms with E-state index in [2.05, 4.69) is 23.2 Å². The van der Waals surface area contributed by atoms with Crippen molar-refractivity contribution in [1.82, 2.24) is 14.3 Å². The van der Waals surface area contributed by atoms with E-state index < -0.39 is 0 Å². The first-order valence-electron chi connectivity index (χ1n) is 5.92. The summed E-state index contributed by atoms with van der Waals surface area (Å²) in [5.41, 5.74) is 0. The van der Waals surface area contributed by atoms with Gasteiger partial charge < -0.3 is 14.4 Å². The molecule has 0 aliphatic carbocycles. The second-order valence-electron chi connectivity index (χ2n) is 4.42. The topological polar surface area (TPSA) is 64.6 Å². The Morgan fingerprint density at radius 3 is 2.79 bits per heavy atom. The number of hydrogen-bond donors (Lipinski definition) is 0. The lowest BCUT2D eigenvalue weighted by Crippen LogP contribution is -2.16. The predicted molar refractivity (Wildman–Crippen MR) is 76.0 cm³/mol. The molecule has 0 saturated carbocycles. The minimum absolute atomic E-state index is 0.107. The largest absolute Gasteiger partial charge is 0.467 e. The minimum Gasteiger partial charge on any atom is -0.467 e. The molecule has 0 saturated heterocycles. The zero-order chi connectivity index (χ0) is 14.3. The maximum atomic E-state index is 11.4. The van der Waals surface area contributed by atoms with Crippen LogP contribution in [0.25, 0.3) is 0 Å². The van der Waals surface area contributed by atoms with Crippen LogP contribution in [0.15, 0.2) is 5.16 Å². The van der Waals surface area contributed by atoms with Crippen LogP contribution >= 0.6 is 23.3 Å². The van der Waals surface area contributed by atoms with Crippen LogP contribution in [0.1, 0.15) is 13.8 Å². The Balaban J connectivity index is 2.25. The third-order valence-corrected chi connectivity index (χ3v) is 3.49. The van der Waals surface area contributed by atoms with Gasteiger partial charge in [0.15, 0.2) is 0 Å². The number of ether oxygens (including phenoxy) is 2. The summed E-state index contributed by atoms with van der Waals surface area (Å²) < 4.78 is 14.8. The van der Waals surface area contributed by atoms with Crippen LogP contribution in [0.5, 0.6) is 5.19 Å². The zero-order valence-electron chi connectivity index (χ0n) is 11.6. The number of aromatic nitrogens is 2. The van der Waals surface area contributed by atoms with E-state index in [9.17, 15) is 4.79 Å². The smallest absolute Gasteiger partial charge is 0.294 e. The molecule has 1 aromatic rings. The number of carbonyl (C=O) groups excluding carboxylic acids is 1. The van der Waals surface area contributed by atoms with Crippen LogP contribution < -0.4 is 4.74 Å². The van der Waals surface area contributed by atoms with Crippen LogP contribution in [-0.2, 0) is 4.74 Å². The first-order chi connectivity index (χ1) is 8.99. The van der Waals surface area contributed by atoms with Gasteiger partial charge in [-0.2, -0.15) is 9.36 Å². The van der Waals surface area contributed by atoms with Crippen LogP contribution in [-0.4, -0.2) is 53.4 Å². The van der Waals surface area contributed by atoms with Crippen molar-refractivity contribution in [1.29, 1.82) is 0 Å². The number of nitrogens with zero attached hydrogens (tertiary/aromatic N) is 3. The minimum atomic E-state index is -0.107. The van der Waals surface area contributed by atoms with Gasteiger partial charge in [-0.3, -0.25) is 4.79 Å². The Hall–Kier alpha value is -0.860. The molecule has 0 aliphatic rings. The van der Waals surface area contributed by atoms with Crippen molar-refractivity contribution < 1.29 is 14.3 Å². The summed E-state index contributed by atoms with van der Waals surface area (Å²) in [6, 6.07) is 0. The fraction of sp³-hybridized carbons (Fsp3) is 0.727. The second kappa shape index (κ2) is 8.34. The molecule has 1 aromatic heterocycles. The Morgan fingerprint density at radius 2 is 2.16 bits per heavy atom. The van der Waals surface area contributed by atoms with Crippen LogP contribution in [0.4, 0.5) is 4.79 Å². The highest BCUT2D eigenvalue weighted by Gasteiger charge is 2.12. The van der Waals surface area contributed by atoms with Crippen molar-refractivity contribution in [2.45, 2.75) is 19.0 Å². The Labute approximate surface area is 121 Å². The normalized spacial score (nSPS) is 10.8. The van der Waals surface area contributed by atoms with E-state index in [1.165, 1.54) is 4.90 Å². The fourth-order valence-corrected chi connectivity index (χ4v) is 2.22. The molecule has 19 heavy (non-hydrogen) atoms. The van der Waals surface area contributed by atoms with Crippen LogP contribution in [0.2, 0.25) is 0 Å². The molecule has 0 unspecified atom stereocenters. The molecule has 1 heterocycles. The monoisotopic (exact) mass is 305 g/mol. The highest BCUT2D eigenvalue weighted by Crippen LogP contribution is 2.23. The van der Waals surface area contributed by atoms with Crippen molar-refractivity contribution in [2.24, 2.45) is 5.92 Å². The Bertz CT molecular complexity index is 396. The van der Waals surface area contributed by atoms with Crippen molar-refractivity contribution in [3.8, 4) is 5.19 Å². The highest BCUT2D eigenvalue weighted by atomic mass is 32.2. The summed E-state index contributed by atoms with van der Waals surface area (Å²) in [6.45, 7) is 5.87. The van der Waals surface area contributed by atoms with E-state index >= 15 is 0 Å². The van der Waals surface area contributed by atoms with Gasteiger partial charge in [0, 0.05) is 44.0 Å². The molecule has 108 valence electrons. The van der Waals surface area contributed by atoms with E-state index in [1.54, 1.807) is 14.1 Å². The summed E-state index contributed by atoms with van der Waals surface area (Å²) >= 11 is 2.12. The summed E-state index contributed by atoms with van der Waals surface area (Å²) in [6.07, 6.45) is 0. The van der Waals surface area contributed by atoms with Gasteiger partial charge in [-0.1, -0.05) is 13.8 Å². The highest BCUT2D eigenvalue weighted by molar-refractivity contribution is 8.13. The van der Waals surface area contributed by atoms with Gasteiger partial charge in [-0.25, -0.2) is 0 Å². The molecule has 6 nitrogen and oxygen atoms in total. The van der Waals surface area contributed by atoms with Gasteiger partial charge in [-0.15, -0.1) is 0 Å². The zero-order valence-corrected chi connectivity index (χ0v) is 13.2. The molecule has 0 aliphatic heterocycles. The molecule has 0 aromatic carbocycles. The molecule has 1 amide bonds. The summed E-state index contributed by atoms with van der Waals surface area (Å²) in [5, 5.41) is 0.772. The molecule has 0 atom stereocenters. The van der Waals surface area contributed by atoms with E-state index in [-0.39, 0.29) is 5.24 Å². The molecule has 1 rings (SSSR count).